The molecule has 0 amide bonds. The van der Waals surface area contributed by atoms with E-state index in [-0.39, 0.29) is 0 Å². The van der Waals surface area contributed by atoms with Gasteiger partial charge in [-0.25, -0.2) is 0 Å². The molecule has 108 valence electrons. The van der Waals surface area contributed by atoms with Crippen molar-refractivity contribution in [2.24, 2.45) is 11.7 Å². The Balaban J connectivity index is 1.68. The number of rotatable bonds is 6. The van der Waals surface area contributed by atoms with E-state index in [1.54, 1.807) is 0 Å². The van der Waals surface area contributed by atoms with Gasteiger partial charge in [-0.3, -0.25) is 4.68 Å². The highest BCUT2D eigenvalue weighted by atomic mass is 15.4. The van der Waals surface area contributed by atoms with Crippen molar-refractivity contribution in [1.29, 1.82) is 0 Å². The fourth-order valence-corrected chi connectivity index (χ4v) is 2.59. The number of likely N-dealkylation sites (N-methyl/N-ethyl adjacent to an activating group) is 1. The lowest BCUT2D eigenvalue weighted by atomic mass is 9.97. The molecular weight excluding hydrogens is 240 g/mol. The highest BCUT2D eigenvalue weighted by molar-refractivity contribution is 4.90. The van der Waals surface area contributed by atoms with Crippen LogP contribution in [0.2, 0.25) is 0 Å². The van der Waals surface area contributed by atoms with Gasteiger partial charge >= 0.3 is 0 Å². The average molecular weight is 266 g/mol. The van der Waals surface area contributed by atoms with Crippen LogP contribution in [0.1, 0.15) is 18.5 Å². The van der Waals surface area contributed by atoms with Crippen molar-refractivity contribution in [2.45, 2.75) is 25.9 Å². The van der Waals surface area contributed by atoms with Gasteiger partial charge in [0.2, 0.25) is 0 Å². The summed E-state index contributed by atoms with van der Waals surface area (Å²) in [6.07, 6.45) is 4.58. The largest absolute Gasteiger partial charge is 0.325 e. The molecule has 0 unspecified atom stereocenters. The number of hydrogen-bond acceptors (Lipinski definition) is 5. The summed E-state index contributed by atoms with van der Waals surface area (Å²) < 4.78 is 1.88. The van der Waals surface area contributed by atoms with Gasteiger partial charge in [-0.1, -0.05) is 5.21 Å². The Kier molecular flexibility index (Phi) is 5.30. The van der Waals surface area contributed by atoms with Crippen LogP contribution in [0.15, 0.2) is 6.20 Å². The summed E-state index contributed by atoms with van der Waals surface area (Å²) in [5.41, 5.74) is 6.38. The standard InChI is InChI=1S/C13H26N6/c1-17-5-3-12(4-6-17)10-18(2)7-8-19-11-13(9-14)15-16-19/h11-12H,3-10,14H2,1-2H3. The highest BCUT2D eigenvalue weighted by Gasteiger charge is 2.17. The zero-order valence-electron chi connectivity index (χ0n) is 12.1. The van der Waals surface area contributed by atoms with Gasteiger partial charge in [0.05, 0.1) is 12.2 Å². The van der Waals surface area contributed by atoms with Crippen LogP contribution in [0.5, 0.6) is 0 Å². The first-order chi connectivity index (χ1) is 9.17. The number of aromatic nitrogens is 3. The van der Waals surface area contributed by atoms with E-state index in [4.69, 9.17) is 5.73 Å². The molecule has 1 aliphatic rings. The summed E-state index contributed by atoms with van der Waals surface area (Å²) >= 11 is 0. The van der Waals surface area contributed by atoms with Gasteiger partial charge in [0.15, 0.2) is 0 Å². The minimum Gasteiger partial charge on any atom is -0.325 e. The van der Waals surface area contributed by atoms with Crippen LogP contribution in [-0.2, 0) is 13.1 Å². The van der Waals surface area contributed by atoms with E-state index in [0.717, 1.165) is 24.7 Å². The number of nitrogens with zero attached hydrogens (tertiary/aromatic N) is 5. The Bertz CT molecular complexity index is 369. The summed E-state index contributed by atoms with van der Waals surface area (Å²) in [5, 5.41) is 8.07. The lowest BCUT2D eigenvalue weighted by Crippen LogP contribution is -2.36. The van der Waals surface area contributed by atoms with Crippen LogP contribution < -0.4 is 5.73 Å². The molecule has 1 aromatic rings. The zero-order valence-corrected chi connectivity index (χ0v) is 12.1. The number of likely N-dealkylation sites (tertiary alicyclic amines) is 1. The number of piperidine rings is 1. The number of hydrogen-bond donors (Lipinski definition) is 1. The molecule has 1 saturated heterocycles. The highest BCUT2D eigenvalue weighted by Crippen LogP contribution is 2.16. The van der Waals surface area contributed by atoms with Crippen LogP contribution in [-0.4, -0.2) is 65.1 Å². The van der Waals surface area contributed by atoms with Crippen LogP contribution in [0, 0.1) is 5.92 Å². The van der Waals surface area contributed by atoms with Gasteiger partial charge in [0.1, 0.15) is 0 Å². The first kappa shape index (κ1) is 14.4. The second-order valence-corrected chi connectivity index (χ2v) is 5.69. The molecule has 0 saturated carbocycles. The molecule has 1 aliphatic heterocycles. The van der Waals surface area contributed by atoms with E-state index >= 15 is 0 Å². The Hall–Kier alpha value is -0.980. The Labute approximate surface area is 115 Å². The topological polar surface area (TPSA) is 63.2 Å². The summed E-state index contributed by atoms with van der Waals surface area (Å²) in [6, 6.07) is 0. The number of nitrogens with two attached hydrogens (primary N) is 1. The van der Waals surface area contributed by atoms with Crippen LogP contribution in [0.4, 0.5) is 0 Å². The molecule has 2 rings (SSSR count). The molecule has 6 heteroatoms. The van der Waals surface area contributed by atoms with Gasteiger partial charge in [0.25, 0.3) is 0 Å². The second-order valence-electron chi connectivity index (χ2n) is 5.69. The van der Waals surface area contributed by atoms with Crippen molar-refractivity contribution in [3.63, 3.8) is 0 Å². The first-order valence-electron chi connectivity index (χ1n) is 7.13. The summed E-state index contributed by atoms with van der Waals surface area (Å²) in [6.45, 7) is 6.02. The molecule has 1 aromatic heterocycles. The third kappa shape index (κ3) is 4.56. The normalized spacial score (nSPS) is 18.3. The summed E-state index contributed by atoms with van der Waals surface area (Å²) in [4.78, 5) is 4.82. The Morgan fingerprint density at radius 3 is 2.79 bits per heavy atom. The third-order valence-electron chi connectivity index (χ3n) is 3.91. The van der Waals surface area contributed by atoms with E-state index in [0.29, 0.717) is 6.54 Å². The molecule has 0 bridgehead atoms. The van der Waals surface area contributed by atoms with Crippen LogP contribution in [0.25, 0.3) is 0 Å². The monoisotopic (exact) mass is 266 g/mol. The molecule has 6 nitrogen and oxygen atoms in total. The molecule has 1 fully saturated rings. The van der Waals surface area contributed by atoms with E-state index in [1.807, 2.05) is 10.9 Å². The van der Waals surface area contributed by atoms with Gasteiger partial charge in [0, 0.05) is 25.8 Å². The molecule has 0 spiro atoms. The summed E-state index contributed by atoms with van der Waals surface area (Å²) in [5.74, 6) is 0.844. The van der Waals surface area contributed by atoms with Crippen LogP contribution >= 0.6 is 0 Å². The maximum absolute atomic E-state index is 5.52. The molecule has 0 atom stereocenters. The first-order valence-corrected chi connectivity index (χ1v) is 7.13. The van der Waals surface area contributed by atoms with Crippen molar-refractivity contribution in [3.05, 3.63) is 11.9 Å². The van der Waals surface area contributed by atoms with Gasteiger partial charge in [-0.15, -0.1) is 5.10 Å². The molecule has 0 aliphatic carbocycles. The van der Waals surface area contributed by atoms with Crippen LogP contribution in [0.3, 0.4) is 0 Å². The Morgan fingerprint density at radius 1 is 1.42 bits per heavy atom. The SMILES string of the molecule is CN1CCC(CN(C)CCn2cc(CN)nn2)CC1. The lowest BCUT2D eigenvalue weighted by molar-refractivity contribution is 0.173. The molecule has 0 aromatic carbocycles. The molecular formula is C13H26N6. The minimum absolute atomic E-state index is 0.464. The van der Waals surface area contributed by atoms with Gasteiger partial charge in [-0.2, -0.15) is 0 Å². The quantitative estimate of drug-likeness (QED) is 0.786. The molecule has 2 heterocycles. The zero-order chi connectivity index (χ0) is 13.7. The molecule has 2 N–H and O–H groups in total. The predicted octanol–water partition coefficient (Wildman–Crippen LogP) is 0.0104. The van der Waals surface area contributed by atoms with E-state index in [2.05, 4.69) is 34.2 Å². The average Bonchev–Trinajstić information content (AvgIpc) is 2.87. The van der Waals surface area contributed by atoms with Crippen molar-refractivity contribution in [2.75, 3.05) is 40.3 Å². The maximum Gasteiger partial charge on any atom is 0.0962 e. The van der Waals surface area contributed by atoms with Crippen molar-refractivity contribution >= 4 is 0 Å². The summed E-state index contributed by atoms with van der Waals surface area (Å²) in [7, 11) is 4.40. The van der Waals surface area contributed by atoms with Crippen molar-refractivity contribution in [1.82, 2.24) is 24.8 Å². The molecule has 19 heavy (non-hydrogen) atoms. The third-order valence-corrected chi connectivity index (χ3v) is 3.91. The molecule has 0 radical (unpaired) electrons. The van der Waals surface area contributed by atoms with Crippen molar-refractivity contribution in [3.8, 4) is 0 Å². The van der Waals surface area contributed by atoms with Gasteiger partial charge < -0.3 is 15.5 Å². The Morgan fingerprint density at radius 2 is 2.16 bits per heavy atom. The van der Waals surface area contributed by atoms with E-state index < -0.39 is 0 Å². The second kappa shape index (κ2) is 6.98. The van der Waals surface area contributed by atoms with Gasteiger partial charge in [-0.05, 0) is 45.9 Å². The fraction of sp³-hybridized carbons (Fsp3) is 0.846. The smallest absolute Gasteiger partial charge is 0.0962 e. The minimum atomic E-state index is 0.464. The fourth-order valence-electron chi connectivity index (χ4n) is 2.59. The van der Waals surface area contributed by atoms with E-state index in [9.17, 15) is 0 Å². The van der Waals surface area contributed by atoms with Crippen molar-refractivity contribution < 1.29 is 0 Å². The predicted molar refractivity (Wildman–Crippen MR) is 75.6 cm³/mol. The maximum atomic E-state index is 5.52. The van der Waals surface area contributed by atoms with E-state index in [1.165, 1.54) is 32.5 Å². The lowest BCUT2D eigenvalue weighted by Gasteiger charge is -2.31.